The number of amides is 1. The first kappa shape index (κ1) is 12.7. The molecule has 2 saturated heterocycles. The number of benzene rings is 1. The van der Waals surface area contributed by atoms with Crippen molar-refractivity contribution in [2.45, 2.75) is 26.3 Å². The second-order valence-corrected chi connectivity index (χ2v) is 7.82. The molecule has 0 aromatic heterocycles. The molecule has 2 atom stereocenters. The van der Waals surface area contributed by atoms with Gasteiger partial charge in [0.15, 0.2) is 9.84 Å². The predicted molar refractivity (Wildman–Crippen MR) is 74.0 cm³/mol. The second kappa shape index (κ2) is 4.07. The van der Waals surface area contributed by atoms with Crippen molar-refractivity contribution in [3.05, 3.63) is 29.3 Å². The van der Waals surface area contributed by atoms with Crippen molar-refractivity contribution in [2.75, 3.05) is 16.4 Å². The Morgan fingerprint density at radius 1 is 1.21 bits per heavy atom. The lowest BCUT2D eigenvalue weighted by Crippen LogP contribution is -2.36. The van der Waals surface area contributed by atoms with Crippen LogP contribution in [-0.2, 0) is 14.6 Å². The third-order valence-corrected chi connectivity index (χ3v) is 5.88. The Morgan fingerprint density at radius 2 is 1.95 bits per heavy atom. The van der Waals surface area contributed by atoms with Crippen LogP contribution in [0.25, 0.3) is 0 Å². The summed E-state index contributed by atoms with van der Waals surface area (Å²) in [7, 11) is -2.99. The molecule has 1 amide bonds. The molecule has 0 radical (unpaired) electrons. The van der Waals surface area contributed by atoms with Gasteiger partial charge in [0.25, 0.3) is 0 Å². The van der Waals surface area contributed by atoms with Crippen molar-refractivity contribution < 1.29 is 13.2 Å². The van der Waals surface area contributed by atoms with Crippen LogP contribution < -0.4 is 4.90 Å². The van der Waals surface area contributed by atoms with E-state index in [2.05, 4.69) is 0 Å². The van der Waals surface area contributed by atoms with Gasteiger partial charge < -0.3 is 4.90 Å². The summed E-state index contributed by atoms with van der Waals surface area (Å²) in [5, 5.41) is 0. The molecule has 102 valence electrons. The van der Waals surface area contributed by atoms with Crippen LogP contribution in [0.15, 0.2) is 18.2 Å². The van der Waals surface area contributed by atoms with E-state index in [9.17, 15) is 13.2 Å². The van der Waals surface area contributed by atoms with E-state index < -0.39 is 9.84 Å². The Morgan fingerprint density at radius 3 is 2.68 bits per heavy atom. The summed E-state index contributed by atoms with van der Waals surface area (Å²) in [4.78, 5) is 13.9. The zero-order valence-corrected chi connectivity index (χ0v) is 11.9. The van der Waals surface area contributed by atoms with Gasteiger partial charge in [-0.25, -0.2) is 8.42 Å². The van der Waals surface area contributed by atoms with E-state index >= 15 is 0 Å². The minimum atomic E-state index is -2.99. The Kier molecular flexibility index (Phi) is 2.71. The molecule has 3 rings (SSSR count). The number of nitrogens with zero attached hydrogens (tertiary/aromatic N) is 1. The number of hydrogen-bond donors (Lipinski definition) is 0. The van der Waals surface area contributed by atoms with E-state index in [1.54, 1.807) is 4.90 Å². The third-order valence-electron chi connectivity index (χ3n) is 4.10. The summed E-state index contributed by atoms with van der Waals surface area (Å²) in [6.45, 7) is 3.94. The van der Waals surface area contributed by atoms with Gasteiger partial charge >= 0.3 is 0 Å². The fraction of sp³-hybridized carbons (Fsp3) is 0.500. The second-order valence-electron chi connectivity index (χ2n) is 5.66. The van der Waals surface area contributed by atoms with E-state index in [4.69, 9.17) is 0 Å². The first-order valence-corrected chi connectivity index (χ1v) is 8.29. The number of fused-ring (bicyclic) bond motifs is 1. The number of sulfone groups is 1. The highest BCUT2D eigenvalue weighted by atomic mass is 32.2. The Bertz CT molecular complexity index is 651. The van der Waals surface area contributed by atoms with E-state index in [0.717, 1.165) is 16.8 Å². The van der Waals surface area contributed by atoms with E-state index in [1.807, 2.05) is 32.0 Å². The third kappa shape index (κ3) is 2.06. The molecule has 0 N–H and O–H groups in total. The van der Waals surface area contributed by atoms with Crippen molar-refractivity contribution in [3.8, 4) is 0 Å². The van der Waals surface area contributed by atoms with E-state index in [0.29, 0.717) is 6.42 Å². The Hall–Kier alpha value is -1.36. The average molecular weight is 279 g/mol. The highest BCUT2D eigenvalue weighted by Gasteiger charge is 2.49. The van der Waals surface area contributed by atoms with E-state index in [-0.39, 0.29) is 29.4 Å². The molecule has 0 unspecified atom stereocenters. The van der Waals surface area contributed by atoms with Gasteiger partial charge in [0.1, 0.15) is 0 Å². The van der Waals surface area contributed by atoms with Crippen LogP contribution in [0.2, 0.25) is 0 Å². The fourth-order valence-corrected chi connectivity index (χ4v) is 5.25. The Balaban J connectivity index is 2.04. The SMILES string of the molecule is Cc1ccc(C)c(N2C(=O)C[C@@H]3CS(=O)(=O)C[C@@H]32)c1. The van der Waals surface area contributed by atoms with Gasteiger partial charge in [0, 0.05) is 18.0 Å². The molecule has 0 aliphatic carbocycles. The molecule has 0 bridgehead atoms. The summed E-state index contributed by atoms with van der Waals surface area (Å²) in [6.07, 6.45) is 0.358. The van der Waals surface area contributed by atoms with Crippen LogP contribution in [0, 0.1) is 19.8 Å². The van der Waals surface area contributed by atoms with Crippen molar-refractivity contribution in [1.29, 1.82) is 0 Å². The molecule has 0 spiro atoms. The number of hydrogen-bond acceptors (Lipinski definition) is 3. The maximum Gasteiger partial charge on any atom is 0.227 e. The van der Waals surface area contributed by atoms with Crippen molar-refractivity contribution in [2.24, 2.45) is 5.92 Å². The summed E-state index contributed by atoms with van der Waals surface area (Å²) in [6, 6.07) is 5.79. The number of rotatable bonds is 1. The van der Waals surface area contributed by atoms with Crippen LogP contribution in [0.1, 0.15) is 17.5 Å². The predicted octanol–water partition coefficient (Wildman–Crippen LogP) is 1.45. The molecule has 0 saturated carbocycles. The van der Waals surface area contributed by atoms with Gasteiger partial charge in [-0.3, -0.25) is 4.79 Å². The van der Waals surface area contributed by atoms with Crippen LogP contribution in [0.4, 0.5) is 5.69 Å². The number of carbonyl (C=O) groups excluding carboxylic acids is 1. The minimum absolute atomic E-state index is 0.0302. The number of anilines is 1. The normalized spacial score (nSPS) is 28.7. The summed E-state index contributed by atoms with van der Waals surface area (Å²) < 4.78 is 23.5. The summed E-state index contributed by atoms with van der Waals surface area (Å²) in [5.74, 6) is 0.290. The lowest BCUT2D eigenvalue weighted by atomic mass is 10.0. The summed E-state index contributed by atoms with van der Waals surface area (Å²) in [5.41, 5.74) is 2.97. The molecule has 1 aromatic rings. The lowest BCUT2D eigenvalue weighted by molar-refractivity contribution is -0.117. The highest BCUT2D eigenvalue weighted by Crippen LogP contribution is 2.38. The fourth-order valence-electron chi connectivity index (χ4n) is 3.18. The molecule has 2 aliphatic heterocycles. The van der Waals surface area contributed by atoms with Gasteiger partial charge in [-0.2, -0.15) is 0 Å². The van der Waals surface area contributed by atoms with Crippen LogP contribution >= 0.6 is 0 Å². The van der Waals surface area contributed by atoms with Gasteiger partial charge in [-0.05, 0) is 31.0 Å². The first-order valence-electron chi connectivity index (χ1n) is 6.47. The van der Waals surface area contributed by atoms with Crippen molar-refractivity contribution >= 4 is 21.4 Å². The number of carbonyl (C=O) groups is 1. The summed E-state index contributed by atoms with van der Waals surface area (Å²) >= 11 is 0. The standard InChI is InChI=1S/C14H17NO3S/c1-9-3-4-10(2)12(5-9)15-13-8-19(17,18)7-11(13)6-14(15)16/h3-5,11,13H,6-8H2,1-2H3/t11-,13+/m1/s1. The molecule has 19 heavy (non-hydrogen) atoms. The topological polar surface area (TPSA) is 54.5 Å². The van der Waals surface area contributed by atoms with Crippen molar-refractivity contribution in [1.82, 2.24) is 0 Å². The molecule has 4 nitrogen and oxygen atoms in total. The maximum atomic E-state index is 12.2. The van der Waals surface area contributed by atoms with Crippen LogP contribution in [0.5, 0.6) is 0 Å². The zero-order valence-electron chi connectivity index (χ0n) is 11.1. The van der Waals surface area contributed by atoms with Gasteiger partial charge in [-0.15, -0.1) is 0 Å². The molecule has 2 heterocycles. The zero-order chi connectivity index (χ0) is 13.8. The van der Waals surface area contributed by atoms with Crippen LogP contribution in [-0.4, -0.2) is 31.9 Å². The average Bonchev–Trinajstić information content (AvgIpc) is 2.73. The molecule has 5 heteroatoms. The monoisotopic (exact) mass is 279 g/mol. The largest absolute Gasteiger partial charge is 0.308 e. The minimum Gasteiger partial charge on any atom is -0.308 e. The number of aryl methyl sites for hydroxylation is 2. The van der Waals surface area contributed by atoms with Gasteiger partial charge in [0.05, 0.1) is 17.5 Å². The molecule has 2 fully saturated rings. The van der Waals surface area contributed by atoms with Gasteiger partial charge in [-0.1, -0.05) is 12.1 Å². The van der Waals surface area contributed by atoms with E-state index in [1.165, 1.54) is 0 Å². The quantitative estimate of drug-likeness (QED) is 0.782. The molecule has 1 aromatic carbocycles. The van der Waals surface area contributed by atoms with Gasteiger partial charge in [0.2, 0.25) is 5.91 Å². The molecular weight excluding hydrogens is 262 g/mol. The highest BCUT2D eigenvalue weighted by molar-refractivity contribution is 7.91. The Labute approximate surface area is 113 Å². The van der Waals surface area contributed by atoms with Crippen molar-refractivity contribution in [3.63, 3.8) is 0 Å². The molecular formula is C14H17NO3S. The molecule has 2 aliphatic rings. The maximum absolute atomic E-state index is 12.2. The smallest absolute Gasteiger partial charge is 0.227 e. The van der Waals surface area contributed by atoms with Crippen LogP contribution in [0.3, 0.4) is 0 Å². The first-order chi connectivity index (χ1) is 8.87. The lowest BCUT2D eigenvalue weighted by Gasteiger charge is -2.25.